The van der Waals surface area contributed by atoms with E-state index in [-0.39, 0.29) is 5.97 Å². The summed E-state index contributed by atoms with van der Waals surface area (Å²) in [6.45, 7) is 0. The fourth-order valence-electron chi connectivity index (χ4n) is 1.18. The first kappa shape index (κ1) is 11.1. The molecule has 0 amide bonds. The molecule has 2 nitrogen and oxygen atoms in total. The lowest BCUT2D eigenvalue weighted by Crippen LogP contribution is -2.16. The second-order valence-corrected chi connectivity index (χ2v) is 3.54. The van der Waals surface area contributed by atoms with Crippen LogP contribution < -0.4 is 0 Å². The van der Waals surface area contributed by atoms with Gasteiger partial charge in [0, 0.05) is 0 Å². The van der Waals surface area contributed by atoms with Crippen molar-refractivity contribution in [2.45, 2.75) is 18.2 Å². The van der Waals surface area contributed by atoms with Gasteiger partial charge in [-0.25, -0.2) is 0 Å². The highest BCUT2D eigenvalue weighted by atomic mass is 35.5. The smallest absolute Gasteiger partial charge is 0.323 e. The van der Waals surface area contributed by atoms with Gasteiger partial charge >= 0.3 is 5.97 Å². The Labute approximate surface area is 88.8 Å². The number of methoxy groups -OCH3 is 1. The Morgan fingerprint density at radius 1 is 1.43 bits per heavy atom. The molecule has 1 aromatic rings. The largest absolute Gasteiger partial charge is 0.468 e. The Bertz CT molecular complexity index is 285. The van der Waals surface area contributed by atoms with Crippen molar-refractivity contribution < 1.29 is 9.53 Å². The van der Waals surface area contributed by atoms with Crippen LogP contribution in [0.2, 0.25) is 0 Å². The number of alkyl halides is 1. The van der Waals surface area contributed by atoms with Crippen LogP contribution in [-0.2, 0) is 16.0 Å². The van der Waals surface area contributed by atoms with Crippen LogP contribution in [0.15, 0.2) is 30.3 Å². The van der Waals surface area contributed by atoms with Gasteiger partial charge in [-0.3, -0.25) is 4.79 Å². The van der Waals surface area contributed by atoms with Gasteiger partial charge in [-0.1, -0.05) is 30.3 Å². The van der Waals surface area contributed by atoms with Crippen LogP contribution in [0.5, 0.6) is 0 Å². The molecular weight excluding hydrogens is 200 g/mol. The second kappa shape index (κ2) is 5.66. The summed E-state index contributed by atoms with van der Waals surface area (Å²) >= 11 is 5.81. The minimum Gasteiger partial charge on any atom is -0.468 e. The maximum Gasteiger partial charge on any atom is 0.323 e. The fourth-order valence-corrected chi connectivity index (χ4v) is 1.38. The third-order valence-corrected chi connectivity index (χ3v) is 2.38. The summed E-state index contributed by atoms with van der Waals surface area (Å²) in [5.74, 6) is -0.359. The van der Waals surface area contributed by atoms with Crippen molar-refractivity contribution in [1.82, 2.24) is 0 Å². The number of carbonyl (C=O) groups excluding carboxylic acids is 1. The summed E-state index contributed by atoms with van der Waals surface area (Å²) < 4.78 is 4.53. The summed E-state index contributed by atoms with van der Waals surface area (Å²) in [6.07, 6.45) is 1.41. The van der Waals surface area contributed by atoms with E-state index in [4.69, 9.17) is 11.6 Å². The number of carbonyl (C=O) groups is 1. The molecule has 0 radical (unpaired) electrons. The Hall–Kier alpha value is -1.02. The van der Waals surface area contributed by atoms with Crippen molar-refractivity contribution in [3.63, 3.8) is 0 Å². The topological polar surface area (TPSA) is 26.3 Å². The van der Waals surface area contributed by atoms with Crippen LogP contribution >= 0.6 is 11.6 Å². The van der Waals surface area contributed by atoms with Crippen LogP contribution in [-0.4, -0.2) is 18.5 Å². The van der Waals surface area contributed by atoms with Gasteiger partial charge in [-0.05, 0) is 18.4 Å². The van der Waals surface area contributed by atoms with E-state index in [1.54, 1.807) is 0 Å². The second-order valence-electron chi connectivity index (χ2n) is 3.01. The molecule has 0 heterocycles. The van der Waals surface area contributed by atoms with Crippen LogP contribution in [0.3, 0.4) is 0 Å². The quantitative estimate of drug-likeness (QED) is 0.566. The number of benzene rings is 1. The van der Waals surface area contributed by atoms with Crippen molar-refractivity contribution >= 4 is 17.6 Å². The van der Waals surface area contributed by atoms with Crippen molar-refractivity contribution in [3.8, 4) is 0 Å². The van der Waals surface area contributed by atoms with E-state index >= 15 is 0 Å². The van der Waals surface area contributed by atoms with Gasteiger partial charge in [0.05, 0.1) is 7.11 Å². The molecule has 0 N–H and O–H groups in total. The molecule has 3 heteroatoms. The summed E-state index contributed by atoms with van der Waals surface area (Å²) in [7, 11) is 1.35. The standard InChI is InChI=1S/C11H13ClO2/c1-14-11(13)10(12)8-7-9-5-3-2-4-6-9/h2-6,10H,7-8H2,1H3. The molecule has 0 bridgehead atoms. The van der Waals surface area contributed by atoms with Gasteiger partial charge in [-0.15, -0.1) is 11.6 Å². The highest BCUT2D eigenvalue weighted by Crippen LogP contribution is 2.10. The summed E-state index contributed by atoms with van der Waals surface area (Å²) in [5.41, 5.74) is 1.18. The Morgan fingerprint density at radius 3 is 2.64 bits per heavy atom. The monoisotopic (exact) mass is 212 g/mol. The molecule has 0 saturated carbocycles. The lowest BCUT2D eigenvalue weighted by atomic mass is 10.1. The lowest BCUT2D eigenvalue weighted by Gasteiger charge is -2.06. The first-order valence-corrected chi connectivity index (χ1v) is 4.93. The molecule has 1 unspecified atom stereocenters. The third kappa shape index (κ3) is 3.38. The molecule has 76 valence electrons. The van der Waals surface area contributed by atoms with E-state index in [9.17, 15) is 4.79 Å². The Morgan fingerprint density at radius 2 is 2.07 bits per heavy atom. The van der Waals surface area contributed by atoms with Crippen LogP contribution in [0.4, 0.5) is 0 Å². The SMILES string of the molecule is COC(=O)C(Cl)CCc1ccccc1. The van der Waals surface area contributed by atoms with Gasteiger partial charge in [0.15, 0.2) is 0 Å². The number of hydrogen-bond acceptors (Lipinski definition) is 2. The van der Waals surface area contributed by atoms with E-state index in [1.807, 2.05) is 30.3 Å². The molecule has 0 saturated heterocycles. The minimum atomic E-state index is -0.541. The first-order valence-electron chi connectivity index (χ1n) is 4.50. The molecular formula is C11H13ClO2. The predicted molar refractivity (Wildman–Crippen MR) is 56.4 cm³/mol. The zero-order valence-corrected chi connectivity index (χ0v) is 8.83. The highest BCUT2D eigenvalue weighted by Gasteiger charge is 2.14. The summed E-state index contributed by atoms with van der Waals surface area (Å²) in [5, 5.41) is -0.541. The Balaban J connectivity index is 2.38. The number of hydrogen-bond donors (Lipinski definition) is 0. The average Bonchev–Trinajstić information content (AvgIpc) is 2.26. The summed E-state index contributed by atoms with van der Waals surface area (Å²) in [6, 6.07) is 9.93. The number of ether oxygens (including phenoxy) is 1. The highest BCUT2D eigenvalue weighted by molar-refractivity contribution is 6.29. The van der Waals surface area contributed by atoms with Crippen LogP contribution in [0, 0.1) is 0 Å². The van der Waals surface area contributed by atoms with E-state index in [0.717, 1.165) is 6.42 Å². The van der Waals surface area contributed by atoms with Crippen LogP contribution in [0.25, 0.3) is 0 Å². The molecule has 1 atom stereocenters. The van der Waals surface area contributed by atoms with E-state index in [0.29, 0.717) is 6.42 Å². The third-order valence-electron chi connectivity index (χ3n) is 1.99. The number of esters is 1. The van der Waals surface area contributed by atoms with Gasteiger partial charge in [0.1, 0.15) is 5.38 Å². The van der Waals surface area contributed by atoms with E-state index < -0.39 is 5.38 Å². The molecule has 1 rings (SSSR count). The lowest BCUT2D eigenvalue weighted by molar-refractivity contribution is -0.140. The molecule has 14 heavy (non-hydrogen) atoms. The normalized spacial score (nSPS) is 12.1. The molecule has 0 aliphatic carbocycles. The average molecular weight is 213 g/mol. The van der Waals surface area contributed by atoms with Gasteiger partial charge in [0.2, 0.25) is 0 Å². The molecule has 0 aliphatic heterocycles. The van der Waals surface area contributed by atoms with Crippen molar-refractivity contribution in [2.75, 3.05) is 7.11 Å². The number of rotatable bonds is 4. The minimum absolute atomic E-state index is 0.359. The zero-order valence-electron chi connectivity index (χ0n) is 8.07. The Kier molecular flexibility index (Phi) is 4.47. The molecule has 0 aromatic heterocycles. The fraction of sp³-hybridized carbons (Fsp3) is 0.364. The maximum absolute atomic E-state index is 11.0. The number of aryl methyl sites for hydroxylation is 1. The molecule has 0 aliphatic rings. The van der Waals surface area contributed by atoms with Crippen molar-refractivity contribution in [3.05, 3.63) is 35.9 Å². The first-order chi connectivity index (χ1) is 6.74. The maximum atomic E-state index is 11.0. The molecule has 1 aromatic carbocycles. The predicted octanol–water partition coefficient (Wildman–Crippen LogP) is 2.40. The summed E-state index contributed by atoms with van der Waals surface area (Å²) in [4.78, 5) is 11.0. The van der Waals surface area contributed by atoms with Crippen molar-refractivity contribution in [2.24, 2.45) is 0 Å². The van der Waals surface area contributed by atoms with Gasteiger partial charge in [0.25, 0.3) is 0 Å². The van der Waals surface area contributed by atoms with E-state index in [2.05, 4.69) is 4.74 Å². The van der Waals surface area contributed by atoms with Crippen LogP contribution in [0.1, 0.15) is 12.0 Å². The van der Waals surface area contributed by atoms with Gasteiger partial charge < -0.3 is 4.74 Å². The zero-order chi connectivity index (χ0) is 10.4. The van der Waals surface area contributed by atoms with Crippen molar-refractivity contribution in [1.29, 1.82) is 0 Å². The van der Waals surface area contributed by atoms with E-state index in [1.165, 1.54) is 12.7 Å². The molecule has 0 fully saturated rings. The number of halogens is 1. The molecule has 0 spiro atoms. The van der Waals surface area contributed by atoms with Gasteiger partial charge in [-0.2, -0.15) is 0 Å².